The van der Waals surface area contributed by atoms with Crippen LogP contribution in [-0.2, 0) is 28.4 Å². The van der Waals surface area contributed by atoms with Crippen LogP contribution in [0.25, 0.3) is 0 Å². The highest BCUT2D eigenvalue weighted by Crippen LogP contribution is 2.34. The van der Waals surface area contributed by atoms with Gasteiger partial charge in [-0.15, -0.1) is 0 Å². The van der Waals surface area contributed by atoms with Gasteiger partial charge in [-0.2, -0.15) is 0 Å². The zero-order valence-electron chi connectivity index (χ0n) is 26.6. The second-order valence-electron chi connectivity index (χ2n) is 12.7. The molecular weight excluding hydrogens is 626 g/mol. The zero-order valence-corrected chi connectivity index (χ0v) is 26.6. The number of aliphatic hydroxyl groups excluding tert-OH is 6. The maximum atomic E-state index is 11.5. The van der Waals surface area contributed by atoms with Crippen LogP contribution in [-0.4, -0.2) is 181 Å². The SMILES string of the molecule is NCCCNC[C@@H]1CC[C@@H](N)[C@@H](O[C@H]2[C@H](O[C@@H]3O[C@H](CO)[C@@H](O[C@H]4O[C@@H](CN)[C@@H](O)[C@H](O)[C@H]4N)[C@H]3O)[C@@H](O)[C@H](NCCO)C[C@@H]2N)O1. The van der Waals surface area contributed by atoms with E-state index in [1.165, 1.54) is 0 Å². The van der Waals surface area contributed by atoms with E-state index in [9.17, 15) is 30.6 Å². The first-order chi connectivity index (χ1) is 22.5. The summed E-state index contributed by atoms with van der Waals surface area (Å²) in [6, 6.07) is -3.02. The molecule has 0 unspecified atom stereocenters. The molecule has 0 amide bonds. The molecule has 19 heteroatoms. The second kappa shape index (κ2) is 18.5. The summed E-state index contributed by atoms with van der Waals surface area (Å²) in [5, 5.41) is 69.2. The molecule has 47 heavy (non-hydrogen) atoms. The van der Waals surface area contributed by atoms with E-state index in [1.807, 2.05) is 0 Å². The van der Waals surface area contributed by atoms with Gasteiger partial charge >= 0.3 is 0 Å². The van der Waals surface area contributed by atoms with Crippen molar-refractivity contribution >= 4 is 0 Å². The molecule has 17 atom stereocenters. The molecule has 1 aliphatic carbocycles. The number of rotatable bonds is 16. The minimum Gasteiger partial charge on any atom is -0.395 e. The predicted molar refractivity (Wildman–Crippen MR) is 164 cm³/mol. The summed E-state index contributed by atoms with van der Waals surface area (Å²) >= 11 is 0. The molecule has 3 saturated heterocycles. The molecule has 0 bridgehead atoms. The molecule has 3 aliphatic heterocycles. The Hall–Kier alpha value is -0.760. The number of nitrogens with two attached hydrogens (primary N) is 5. The van der Waals surface area contributed by atoms with Crippen LogP contribution in [0, 0.1) is 0 Å². The van der Waals surface area contributed by atoms with Crippen molar-refractivity contribution < 1.29 is 59.1 Å². The Morgan fingerprint density at radius 1 is 0.702 bits per heavy atom. The summed E-state index contributed by atoms with van der Waals surface area (Å²) in [5.74, 6) is 0. The Morgan fingerprint density at radius 2 is 1.40 bits per heavy atom. The first-order valence-corrected chi connectivity index (χ1v) is 16.5. The van der Waals surface area contributed by atoms with Gasteiger partial charge in [0.25, 0.3) is 0 Å². The van der Waals surface area contributed by atoms with Gasteiger partial charge in [-0.1, -0.05) is 0 Å². The van der Waals surface area contributed by atoms with Gasteiger partial charge in [0.1, 0.15) is 48.8 Å². The Morgan fingerprint density at radius 3 is 2.09 bits per heavy atom. The molecular formula is C28H57N7O12. The third-order valence-electron chi connectivity index (χ3n) is 9.29. The normalized spacial score (nSPS) is 46.1. The molecule has 4 aliphatic rings. The maximum absolute atomic E-state index is 11.5. The second-order valence-corrected chi connectivity index (χ2v) is 12.7. The van der Waals surface area contributed by atoms with Crippen molar-refractivity contribution in [3.8, 4) is 0 Å². The molecule has 1 saturated carbocycles. The van der Waals surface area contributed by atoms with Crippen LogP contribution in [0.4, 0.5) is 0 Å². The van der Waals surface area contributed by atoms with Crippen molar-refractivity contribution in [1.29, 1.82) is 0 Å². The number of aliphatic hydroxyl groups is 6. The van der Waals surface area contributed by atoms with Crippen molar-refractivity contribution in [2.75, 3.05) is 45.9 Å². The number of ether oxygens (including phenoxy) is 6. The highest BCUT2D eigenvalue weighted by molar-refractivity contribution is 5.02. The zero-order chi connectivity index (χ0) is 34.2. The molecule has 4 fully saturated rings. The minimum atomic E-state index is -1.55. The molecule has 0 spiro atoms. The Kier molecular flexibility index (Phi) is 15.3. The van der Waals surface area contributed by atoms with E-state index in [0.717, 1.165) is 13.0 Å². The summed E-state index contributed by atoms with van der Waals surface area (Å²) in [7, 11) is 0. The van der Waals surface area contributed by atoms with Crippen molar-refractivity contribution in [1.82, 2.24) is 10.6 Å². The van der Waals surface area contributed by atoms with Crippen molar-refractivity contribution in [3.05, 3.63) is 0 Å². The van der Waals surface area contributed by atoms with E-state index in [0.29, 0.717) is 25.9 Å². The lowest BCUT2D eigenvalue weighted by Crippen LogP contribution is -2.66. The Labute approximate surface area is 274 Å². The lowest BCUT2D eigenvalue weighted by molar-refractivity contribution is -0.290. The fraction of sp³-hybridized carbons (Fsp3) is 1.00. The summed E-state index contributed by atoms with van der Waals surface area (Å²) in [4.78, 5) is 0. The molecule has 19 nitrogen and oxygen atoms in total. The van der Waals surface area contributed by atoms with Gasteiger partial charge in [-0.05, 0) is 38.8 Å². The van der Waals surface area contributed by atoms with Gasteiger partial charge in [-0.25, -0.2) is 0 Å². The third kappa shape index (κ3) is 9.52. The summed E-state index contributed by atoms with van der Waals surface area (Å²) in [6.45, 7) is 1.13. The van der Waals surface area contributed by atoms with Gasteiger partial charge in [0.15, 0.2) is 18.9 Å². The van der Waals surface area contributed by atoms with E-state index in [4.69, 9.17) is 57.1 Å². The highest BCUT2D eigenvalue weighted by Gasteiger charge is 2.54. The van der Waals surface area contributed by atoms with Crippen LogP contribution in [0.3, 0.4) is 0 Å². The van der Waals surface area contributed by atoms with E-state index < -0.39 is 105 Å². The summed E-state index contributed by atoms with van der Waals surface area (Å²) in [5.41, 5.74) is 30.3. The molecule has 0 aromatic rings. The van der Waals surface area contributed by atoms with Crippen LogP contribution in [0.1, 0.15) is 25.7 Å². The van der Waals surface area contributed by atoms with Crippen LogP contribution in [0.2, 0.25) is 0 Å². The van der Waals surface area contributed by atoms with Crippen molar-refractivity contribution in [2.45, 2.75) is 130 Å². The molecule has 18 N–H and O–H groups in total. The lowest BCUT2D eigenvalue weighted by atomic mass is 9.83. The molecule has 276 valence electrons. The highest BCUT2D eigenvalue weighted by atomic mass is 16.8. The van der Waals surface area contributed by atoms with Gasteiger partial charge in [0.2, 0.25) is 0 Å². The third-order valence-corrected chi connectivity index (χ3v) is 9.29. The van der Waals surface area contributed by atoms with E-state index in [-0.39, 0.29) is 32.2 Å². The van der Waals surface area contributed by atoms with Crippen molar-refractivity contribution in [3.63, 3.8) is 0 Å². The monoisotopic (exact) mass is 683 g/mol. The fourth-order valence-corrected chi connectivity index (χ4v) is 6.54. The number of hydrogen-bond acceptors (Lipinski definition) is 19. The topological polar surface area (TPSA) is 331 Å². The Balaban J connectivity index is 1.48. The van der Waals surface area contributed by atoms with E-state index >= 15 is 0 Å². The van der Waals surface area contributed by atoms with Crippen LogP contribution in [0.15, 0.2) is 0 Å². The van der Waals surface area contributed by atoms with Gasteiger partial charge < -0.3 is 98.4 Å². The summed E-state index contributed by atoms with van der Waals surface area (Å²) in [6.07, 6.45) is -12.6. The van der Waals surface area contributed by atoms with Crippen LogP contribution in [0.5, 0.6) is 0 Å². The van der Waals surface area contributed by atoms with E-state index in [2.05, 4.69) is 10.6 Å². The molecule has 0 radical (unpaired) electrons. The van der Waals surface area contributed by atoms with Gasteiger partial charge in [0.05, 0.1) is 37.5 Å². The van der Waals surface area contributed by atoms with Crippen LogP contribution >= 0.6 is 0 Å². The average molecular weight is 684 g/mol. The number of nitrogens with one attached hydrogen (secondary N) is 2. The standard InChI is InChI=1S/C28H57N7O12/c29-4-1-5-34-10-12-2-3-13(31)26(42-12)45-23-14(32)8-15(35-6-7-36)19(38)25(23)47-28-22(41)24(17(11-37)44-28)46-27-18(33)21(40)20(39)16(9-30)43-27/h12-28,34-41H,1-11,29-33H2/t12-,13+,14-,15+,16-,17+,18+,19-,20+,21+,22+,23+,24+,25+,26+,27+,28-/m0/s1. The Bertz CT molecular complexity index is 920. The minimum absolute atomic E-state index is 0.143. The van der Waals surface area contributed by atoms with Crippen LogP contribution < -0.4 is 39.3 Å². The maximum Gasteiger partial charge on any atom is 0.187 e. The van der Waals surface area contributed by atoms with Gasteiger partial charge in [0, 0.05) is 31.7 Å². The summed E-state index contributed by atoms with van der Waals surface area (Å²) < 4.78 is 36.1. The lowest BCUT2D eigenvalue weighted by Gasteiger charge is -2.46. The van der Waals surface area contributed by atoms with E-state index in [1.54, 1.807) is 0 Å². The largest absolute Gasteiger partial charge is 0.395 e. The molecule has 3 heterocycles. The van der Waals surface area contributed by atoms with Gasteiger partial charge in [-0.3, -0.25) is 0 Å². The van der Waals surface area contributed by atoms with Crippen molar-refractivity contribution in [2.24, 2.45) is 28.7 Å². The average Bonchev–Trinajstić information content (AvgIpc) is 3.36. The first-order valence-electron chi connectivity index (χ1n) is 16.5. The predicted octanol–water partition coefficient (Wildman–Crippen LogP) is -7.23. The smallest absolute Gasteiger partial charge is 0.187 e. The molecule has 0 aromatic carbocycles. The quantitative estimate of drug-likeness (QED) is 0.0672. The molecule has 4 rings (SSSR count). The number of hydrogen-bond donors (Lipinski definition) is 13. The molecule has 0 aromatic heterocycles. The first kappa shape index (κ1) is 39.0. The fourth-order valence-electron chi connectivity index (χ4n) is 6.54.